The van der Waals surface area contributed by atoms with Crippen LogP contribution in [0.15, 0.2) is 58.5 Å². The van der Waals surface area contributed by atoms with Crippen LogP contribution in [-0.2, 0) is 11.3 Å². The van der Waals surface area contributed by atoms with Crippen molar-refractivity contribution < 1.29 is 9.59 Å². The predicted molar refractivity (Wildman–Crippen MR) is 111 cm³/mol. The second kappa shape index (κ2) is 8.71. The molecule has 0 spiro atoms. The lowest BCUT2D eigenvalue weighted by Crippen LogP contribution is -2.23. The number of rotatable bonds is 6. The quantitative estimate of drug-likeness (QED) is 0.493. The van der Waals surface area contributed by atoms with Gasteiger partial charge in [-0.25, -0.2) is 4.98 Å². The van der Waals surface area contributed by atoms with E-state index in [1.165, 1.54) is 11.8 Å². The molecule has 3 rings (SSSR count). The number of thioether (sulfide) groups is 1. The molecular formula is C20H20N4O3S. The first-order valence-corrected chi connectivity index (χ1v) is 9.76. The van der Waals surface area contributed by atoms with E-state index in [9.17, 15) is 14.4 Å². The van der Waals surface area contributed by atoms with E-state index in [4.69, 9.17) is 0 Å². The first-order valence-electron chi connectivity index (χ1n) is 8.78. The first-order chi connectivity index (χ1) is 13.5. The summed E-state index contributed by atoms with van der Waals surface area (Å²) in [6, 6.07) is 13.8. The predicted octanol–water partition coefficient (Wildman–Crippen LogP) is 2.51. The van der Waals surface area contributed by atoms with Crippen molar-refractivity contribution in [2.24, 2.45) is 0 Å². The van der Waals surface area contributed by atoms with Gasteiger partial charge in [-0.2, -0.15) is 0 Å². The van der Waals surface area contributed by atoms with Crippen LogP contribution in [0, 0.1) is 0 Å². The van der Waals surface area contributed by atoms with Crippen molar-refractivity contribution in [2.75, 3.05) is 18.1 Å². The Bertz CT molecular complexity index is 1080. The molecule has 0 unspecified atom stereocenters. The molecule has 0 radical (unpaired) electrons. The van der Waals surface area contributed by atoms with Crippen LogP contribution in [0.25, 0.3) is 10.9 Å². The number of aromatic nitrogens is 2. The standard InChI is InChI=1S/C20H20N4O3S/c1-3-24-19(27)15-6-4-5-7-16(15)23-20(24)28-12-17(25)22-14-10-8-13(9-11-14)18(26)21-2/h4-11H,3,12H2,1-2H3,(H,21,26)(H,22,25). The van der Waals surface area contributed by atoms with Crippen molar-refractivity contribution in [3.05, 3.63) is 64.4 Å². The number of carbonyl (C=O) groups excluding carboxylic acids is 2. The summed E-state index contributed by atoms with van der Waals surface area (Å²) in [6.07, 6.45) is 0. The molecule has 2 N–H and O–H groups in total. The van der Waals surface area contributed by atoms with Crippen LogP contribution in [0.1, 0.15) is 17.3 Å². The molecular weight excluding hydrogens is 376 g/mol. The van der Waals surface area contributed by atoms with E-state index in [1.54, 1.807) is 54.1 Å². The van der Waals surface area contributed by atoms with Crippen LogP contribution in [0.3, 0.4) is 0 Å². The summed E-state index contributed by atoms with van der Waals surface area (Å²) in [7, 11) is 1.56. The summed E-state index contributed by atoms with van der Waals surface area (Å²) < 4.78 is 1.57. The third kappa shape index (κ3) is 4.23. The molecule has 28 heavy (non-hydrogen) atoms. The molecule has 1 heterocycles. The van der Waals surface area contributed by atoms with E-state index in [-0.39, 0.29) is 23.1 Å². The Morgan fingerprint density at radius 3 is 2.50 bits per heavy atom. The molecule has 7 nitrogen and oxygen atoms in total. The lowest BCUT2D eigenvalue weighted by atomic mass is 10.2. The molecule has 144 valence electrons. The number of hydrogen-bond acceptors (Lipinski definition) is 5. The lowest BCUT2D eigenvalue weighted by molar-refractivity contribution is -0.113. The summed E-state index contributed by atoms with van der Waals surface area (Å²) in [6.45, 7) is 2.34. The van der Waals surface area contributed by atoms with Gasteiger partial charge >= 0.3 is 0 Å². The Morgan fingerprint density at radius 1 is 1.11 bits per heavy atom. The van der Waals surface area contributed by atoms with Gasteiger partial charge in [0, 0.05) is 24.8 Å². The molecule has 0 saturated heterocycles. The highest BCUT2D eigenvalue weighted by molar-refractivity contribution is 7.99. The van der Waals surface area contributed by atoms with Gasteiger partial charge in [0.1, 0.15) is 0 Å². The summed E-state index contributed by atoms with van der Waals surface area (Å²) in [4.78, 5) is 41.0. The molecule has 2 aromatic carbocycles. The summed E-state index contributed by atoms with van der Waals surface area (Å²) in [5.74, 6) is -0.293. The molecule has 1 aromatic heterocycles. The van der Waals surface area contributed by atoms with Gasteiger partial charge in [0.25, 0.3) is 11.5 Å². The Morgan fingerprint density at radius 2 is 1.82 bits per heavy atom. The average molecular weight is 396 g/mol. The molecule has 0 aliphatic rings. The zero-order chi connectivity index (χ0) is 20.1. The van der Waals surface area contributed by atoms with E-state index >= 15 is 0 Å². The number of amides is 2. The van der Waals surface area contributed by atoms with Gasteiger partial charge in [-0.05, 0) is 43.3 Å². The highest BCUT2D eigenvalue weighted by Gasteiger charge is 2.12. The minimum Gasteiger partial charge on any atom is -0.355 e. The lowest BCUT2D eigenvalue weighted by Gasteiger charge is -2.11. The Kier molecular flexibility index (Phi) is 6.10. The zero-order valence-electron chi connectivity index (χ0n) is 15.6. The van der Waals surface area contributed by atoms with E-state index < -0.39 is 0 Å². The minimum atomic E-state index is -0.220. The molecule has 0 aliphatic carbocycles. The summed E-state index contributed by atoms with van der Waals surface area (Å²) in [5, 5.41) is 6.40. The highest BCUT2D eigenvalue weighted by atomic mass is 32.2. The van der Waals surface area contributed by atoms with Gasteiger partial charge in [0.15, 0.2) is 5.16 Å². The third-order valence-corrected chi connectivity index (χ3v) is 5.11. The zero-order valence-corrected chi connectivity index (χ0v) is 16.4. The van der Waals surface area contributed by atoms with Crippen LogP contribution in [0.2, 0.25) is 0 Å². The maximum atomic E-state index is 12.6. The highest BCUT2D eigenvalue weighted by Crippen LogP contribution is 2.18. The van der Waals surface area contributed by atoms with Crippen molar-refractivity contribution in [3.63, 3.8) is 0 Å². The number of nitrogens with one attached hydrogen (secondary N) is 2. The van der Waals surface area contributed by atoms with E-state index in [2.05, 4.69) is 15.6 Å². The van der Waals surface area contributed by atoms with Gasteiger partial charge in [-0.3, -0.25) is 19.0 Å². The normalized spacial score (nSPS) is 10.6. The molecule has 8 heteroatoms. The third-order valence-electron chi connectivity index (χ3n) is 4.13. The van der Waals surface area contributed by atoms with Crippen molar-refractivity contribution in [2.45, 2.75) is 18.6 Å². The van der Waals surface area contributed by atoms with Gasteiger partial charge in [0.2, 0.25) is 5.91 Å². The maximum Gasteiger partial charge on any atom is 0.262 e. The van der Waals surface area contributed by atoms with Crippen molar-refractivity contribution >= 4 is 40.2 Å². The molecule has 0 fully saturated rings. The first kappa shape index (κ1) is 19.6. The van der Waals surface area contributed by atoms with E-state index in [0.29, 0.717) is 33.9 Å². The number of hydrogen-bond donors (Lipinski definition) is 2. The molecule has 0 saturated carbocycles. The fourth-order valence-electron chi connectivity index (χ4n) is 2.71. The monoisotopic (exact) mass is 396 g/mol. The summed E-state index contributed by atoms with van der Waals surface area (Å²) in [5.41, 5.74) is 1.62. The number of para-hydroxylation sites is 1. The summed E-state index contributed by atoms with van der Waals surface area (Å²) >= 11 is 1.22. The fraction of sp³-hybridized carbons (Fsp3) is 0.200. The topological polar surface area (TPSA) is 93.1 Å². The van der Waals surface area contributed by atoms with Crippen molar-refractivity contribution in [1.82, 2.24) is 14.9 Å². The number of carbonyl (C=O) groups is 2. The van der Waals surface area contributed by atoms with Crippen molar-refractivity contribution in [3.8, 4) is 0 Å². The number of benzene rings is 2. The SMILES string of the molecule is CCn1c(SCC(=O)Nc2ccc(C(=O)NC)cc2)nc2ccccc2c1=O. The van der Waals surface area contributed by atoms with Gasteiger partial charge in [-0.1, -0.05) is 23.9 Å². The smallest absolute Gasteiger partial charge is 0.262 e. The van der Waals surface area contributed by atoms with Crippen molar-refractivity contribution in [1.29, 1.82) is 0 Å². The van der Waals surface area contributed by atoms with Crippen LogP contribution < -0.4 is 16.2 Å². The van der Waals surface area contributed by atoms with Gasteiger partial charge in [0.05, 0.1) is 16.7 Å². The minimum absolute atomic E-state index is 0.110. The Hall–Kier alpha value is -3.13. The molecule has 0 bridgehead atoms. The second-order valence-electron chi connectivity index (χ2n) is 5.95. The van der Waals surface area contributed by atoms with Gasteiger partial charge in [-0.15, -0.1) is 0 Å². The van der Waals surface area contributed by atoms with Crippen LogP contribution >= 0.6 is 11.8 Å². The number of fused-ring (bicyclic) bond motifs is 1. The largest absolute Gasteiger partial charge is 0.355 e. The van der Waals surface area contributed by atoms with E-state index in [1.807, 2.05) is 13.0 Å². The molecule has 0 aliphatic heterocycles. The second-order valence-corrected chi connectivity index (χ2v) is 6.90. The maximum absolute atomic E-state index is 12.6. The average Bonchev–Trinajstić information content (AvgIpc) is 2.72. The number of anilines is 1. The van der Waals surface area contributed by atoms with Crippen LogP contribution in [-0.4, -0.2) is 34.2 Å². The van der Waals surface area contributed by atoms with Gasteiger partial charge < -0.3 is 10.6 Å². The molecule has 2 amide bonds. The molecule has 0 atom stereocenters. The Balaban J connectivity index is 1.71. The van der Waals surface area contributed by atoms with E-state index in [0.717, 1.165) is 0 Å². The fourth-order valence-corrected chi connectivity index (χ4v) is 3.58. The number of nitrogens with zero attached hydrogens (tertiary/aromatic N) is 2. The Labute approximate surface area is 166 Å². The van der Waals surface area contributed by atoms with Crippen LogP contribution in [0.5, 0.6) is 0 Å². The van der Waals surface area contributed by atoms with Crippen LogP contribution in [0.4, 0.5) is 5.69 Å². The molecule has 3 aromatic rings.